The number of aryl methyl sites for hydroxylation is 2. The van der Waals surface area contributed by atoms with Gasteiger partial charge in [0.15, 0.2) is 0 Å². The topological polar surface area (TPSA) is 98.3 Å². The largest absolute Gasteiger partial charge is 0.343 e. The van der Waals surface area contributed by atoms with Crippen molar-refractivity contribution in [1.82, 2.24) is 14.5 Å². The van der Waals surface area contributed by atoms with Crippen LogP contribution in [0.15, 0.2) is 23.1 Å². The Morgan fingerprint density at radius 3 is 2.64 bits per heavy atom. The molecule has 2 N–H and O–H groups in total. The molecule has 3 rings (SSSR count). The number of amides is 1. The molecule has 0 bridgehead atoms. The zero-order valence-corrected chi connectivity index (χ0v) is 17.5. The van der Waals surface area contributed by atoms with Crippen molar-refractivity contribution in [3.8, 4) is 0 Å². The van der Waals surface area contributed by atoms with Crippen molar-refractivity contribution in [2.24, 2.45) is 5.14 Å². The summed E-state index contributed by atoms with van der Waals surface area (Å²) in [6.07, 6.45) is 7.70. The maximum absolute atomic E-state index is 12.7. The predicted molar refractivity (Wildman–Crippen MR) is 109 cm³/mol. The number of fused-ring (bicyclic) bond motifs is 1. The molecule has 1 aromatic heterocycles. The fraction of sp³-hybridized carbons (Fsp3) is 0.600. The number of imidazole rings is 1. The van der Waals surface area contributed by atoms with Crippen LogP contribution in [0.25, 0.3) is 11.0 Å². The molecule has 0 radical (unpaired) electrons. The van der Waals surface area contributed by atoms with Gasteiger partial charge >= 0.3 is 0 Å². The molecule has 2 aromatic rings. The lowest BCUT2D eigenvalue weighted by Crippen LogP contribution is -2.38. The second-order valence-electron chi connectivity index (χ2n) is 7.67. The van der Waals surface area contributed by atoms with Crippen LogP contribution in [0.4, 0.5) is 0 Å². The SMILES string of the molecule is CCCn1c(CCC(=O)N(C)C2CCCCC2)nc2cc(S(N)(=O)=O)ccc21. The van der Waals surface area contributed by atoms with Gasteiger partial charge in [-0.3, -0.25) is 4.79 Å². The predicted octanol–water partition coefficient (Wildman–Crippen LogP) is 2.82. The van der Waals surface area contributed by atoms with Gasteiger partial charge in [0.1, 0.15) is 5.82 Å². The van der Waals surface area contributed by atoms with Gasteiger partial charge in [-0.05, 0) is 37.5 Å². The molecule has 0 spiro atoms. The molecule has 1 aromatic carbocycles. The number of rotatable bonds is 7. The normalized spacial score (nSPS) is 15.8. The van der Waals surface area contributed by atoms with Crippen molar-refractivity contribution < 1.29 is 13.2 Å². The minimum atomic E-state index is -3.77. The average Bonchev–Trinajstić information content (AvgIpc) is 3.02. The second-order valence-corrected chi connectivity index (χ2v) is 9.23. The number of hydrogen-bond donors (Lipinski definition) is 1. The highest BCUT2D eigenvalue weighted by Crippen LogP contribution is 2.24. The van der Waals surface area contributed by atoms with Crippen molar-refractivity contribution in [2.75, 3.05) is 7.05 Å². The number of hydrogen-bond acceptors (Lipinski definition) is 4. The number of carbonyl (C=O) groups is 1. The van der Waals surface area contributed by atoms with Gasteiger partial charge in [0.05, 0.1) is 15.9 Å². The number of sulfonamides is 1. The highest BCUT2D eigenvalue weighted by Gasteiger charge is 2.22. The fourth-order valence-corrected chi connectivity index (χ4v) is 4.60. The number of aromatic nitrogens is 2. The van der Waals surface area contributed by atoms with Gasteiger partial charge in [0.25, 0.3) is 0 Å². The Balaban J connectivity index is 1.79. The molecule has 7 nitrogen and oxygen atoms in total. The number of nitrogens with two attached hydrogens (primary N) is 1. The van der Waals surface area contributed by atoms with Crippen molar-refractivity contribution in [3.05, 3.63) is 24.0 Å². The molecule has 8 heteroatoms. The summed E-state index contributed by atoms with van der Waals surface area (Å²) in [6, 6.07) is 5.12. The van der Waals surface area contributed by atoms with Gasteiger partial charge in [0.2, 0.25) is 15.9 Å². The van der Waals surface area contributed by atoms with Crippen molar-refractivity contribution >= 4 is 27.0 Å². The van der Waals surface area contributed by atoms with Crippen molar-refractivity contribution in [1.29, 1.82) is 0 Å². The van der Waals surface area contributed by atoms with Gasteiger partial charge in [-0.2, -0.15) is 0 Å². The molecule has 0 atom stereocenters. The van der Waals surface area contributed by atoms with E-state index in [-0.39, 0.29) is 10.8 Å². The minimum absolute atomic E-state index is 0.0563. The number of carbonyl (C=O) groups excluding carboxylic acids is 1. The molecule has 0 unspecified atom stereocenters. The Kier molecular flexibility index (Phi) is 6.40. The Morgan fingerprint density at radius 2 is 2.00 bits per heavy atom. The molecule has 28 heavy (non-hydrogen) atoms. The van der Waals surface area contributed by atoms with Gasteiger partial charge in [-0.15, -0.1) is 0 Å². The molecule has 0 aliphatic heterocycles. The third-order valence-electron chi connectivity index (χ3n) is 5.65. The quantitative estimate of drug-likeness (QED) is 0.764. The first kappa shape index (κ1) is 20.8. The van der Waals surface area contributed by atoms with Crippen LogP contribution in [-0.2, 0) is 27.8 Å². The summed E-state index contributed by atoms with van der Waals surface area (Å²) in [5.74, 6) is 0.959. The third-order valence-corrected chi connectivity index (χ3v) is 6.56. The first-order valence-corrected chi connectivity index (χ1v) is 11.6. The van der Waals surface area contributed by atoms with Crippen LogP contribution >= 0.6 is 0 Å². The summed E-state index contributed by atoms with van der Waals surface area (Å²) >= 11 is 0. The van der Waals surface area contributed by atoms with Crippen LogP contribution in [0, 0.1) is 0 Å². The molecule has 1 heterocycles. The molecule has 1 aliphatic rings. The van der Waals surface area contributed by atoms with Gasteiger partial charge < -0.3 is 9.47 Å². The smallest absolute Gasteiger partial charge is 0.238 e. The lowest BCUT2D eigenvalue weighted by molar-refractivity contribution is -0.132. The van der Waals surface area contributed by atoms with E-state index in [0.29, 0.717) is 24.4 Å². The monoisotopic (exact) mass is 406 g/mol. The summed E-state index contributed by atoms with van der Waals surface area (Å²) in [5, 5.41) is 5.24. The van der Waals surface area contributed by atoms with Crippen LogP contribution in [-0.4, -0.2) is 41.9 Å². The maximum atomic E-state index is 12.7. The minimum Gasteiger partial charge on any atom is -0.343 e. The maximum Gasteiger partial charge on any atom is 0.238 e. The van der Waals surface area contributed by atoms with E-state index in [1.165, 1.54) is 31.4 Å². The molecule has 1 aliphatic carbocycles. The van der Waals surface area contributed by atoms with E-state index in [9.17, 15) is 13.2 Å². The fourth-order valence-electron chi connectivity index (χ4n) is 4.07. The van der Waals surface area contributed by atoms with Gasteiger partial charge in [-0.1, -0.05) is 26.2 Å². The zero-order chi connectivity index (χ0) is 20.3. The second kappa shape index (κ2) is 8.61. The molecule has 1 amide bonds. The lowest BCUT2D eigenvalue weighted by Gasteiger charge is -2.31. The first-order valence-electron chi connectivity index (χ1n) is 10.1. The number of benzene rings is 1. The standard InChI is InChI=1S/C20H30N4O3S/c1-3-13-24-18-10-9-16(28(21,26)27)14-17(18)22-19(24)11-12-20(25)23(2)15-7-5-4-6-8-15/h9-10,14-15H,3-8,11-13H2,1-2H3,(H2,21,26,27). The molecular weight excluding hydrogens is 376 g/mol. The van der Waals surface area contributed by atoms with E-state index in [4.69, 9.17) is 5.14 Å². The van der Waals surface area contributed by atoms with E-state index < -0.39 is 10.0 Å². The van der Waals surface area contributed by atoms with Gasteiger partial charge in [0, 0.05) is 32.5 Å². The molecule has 0 saturated heterocycles. The highest BCUT2D eigenvalue weighted by atomic mass is 32.2. The van der Waals surface area contributed by atoms with Crippen molar-refractivity contribution in [3.63, 3.8) is 0 Å². The first-order chi connectivity index (χ1) is 13.3. The van der Waals surface area contributed by atoms with Crippen LogP contribution in [0.2, 0.25) is 0 Å². The summed E-state index contributed by atoms with van der Waals surface area (Å²) < 4.78 is 25.3. The molecule has 154 valence electrons. The Morgan fingerprint density at radius 1 is 1.29 bits per heavy atom. The van der Waals surface area contributed by atoms with Crippen LogP contribution in [0.1, 0.15) is 57.7 Å². The van der Waals surface area contributed by atoms with Crippen molar-refractivity contribution in [2.45, 2.75) is 75.8 Å². The summed E-state index contributed by atoms with van der Waals surface area (Å²) in [4.78, 5) is 19.3. The Labute approximate surface area is 167 Å². The molecule has 1 fully saturated rings. The molecule has 1 saturated carbocycles. The van der Waals surface area contributed by atoms with E-state index in [1.807, 2.05) is 11.9 Å². The average molecular weight is 407 g/mol. The van der Waals surface area contributed by atoms with E-state index in [0.717, 1.165) is 37.1 Å². The summed E-state index contributed by atoms with van der Waals surface area (Å²) in [7, 11) is -1.86. The molecular formula is C20H30N4O3S. The number of primary sulfonamides is 1. The van der Waals surface area contributed by atoms with Crippen LogP contribution in [0.5, 0.6) is 0 Å². The number of nitrogens with zero attached hydrogens (tertiary/aromatic N) is 3. The highest BCUT2D eigenvalue weighted by molar-refractivity contribution is 7.89. The summed E-state index contributed by atoms with van der Waals surface area (Å²) in [5.41, 5.74) is 1.47. The third kappa shape index (κ3) is 4.55. The zero-order valence-electron chi connectivity index (χ0n) is 16.7. The summed E-state index contributed by atoms with van der Waals surface area (Å²) in [6.45, 7) is 2.85. The lowest BCUT2D eigenvalue weighted by atomic mass is 9.94. The van der Waals surface area contributed by atoms with E-state index in [1.54, 1.807) is 6.07 Å². The van der Waals surface area contributed by atoms with Crippen LogP contribution in [0.3, 0.4) is 0 Å². The van der Waals surface area contributed by atoms with E-state index >= 15 is 0 Å². The van der Waals surface area contributed by atoms with E-state index in [2.05, 4.69) is 16.5 Å². The van der Waals surface area contributed by atoms with Crippen LogP contribution < -0.4 is 5.14 Å². The Hall–Kier alpha value is -1.93. The Bertz CT molecular complexity index is 946. The van der Waals surface area contributed by atoms with Gasteiger partial charge in [-0.25, -0.2) is 18.5 Å².